The molecule has 0 atom stereocenters. The Morgan fingerprint density at radius 3 is 2.90 bits per heavy atom. The molecule has 3 nitrogen and oxygen atoms in total. The fourth-order valence-electron chi connectivity index (χ4n) is 0.572. The van der Waals surface area contributed by atoms with Crippen molar-refractivity contribution in [2.24, 2.45) is 0 Å². The van der Waals surface area contributed by atoms with Crippen molar-refractivity contribution in [1.82, 2.24) is 4.98 Å². The van der Waals surface area contributed by atoms with Crippen molar-refractivity contribution in [3.63, 3.8) is 0 Å². The van der Waals surface area contributed by atoms with E-state index in [1.54, 1.807) is 5.38 Å². The first-order valence-corrected chi connectivity index (χ1v) is 3.79. The van der Waals surface area contributed by atoms with E-state index in [4.69, 9.17) is 5.11 Å². The van der Waals surface area contributed by atoms with Crippen molar-refractivity contribution in [2.75, 3.05) is 0 Å². The van der Waals surface area contributed by atoms with E-state index in [1.165, 1.54) is 11.3 Å². The van der Waals surface area contributed by atoms with Crippen molar-refractivity contribution in [3.05, 3.63) is 16.1 Å². The summed E-state index contributed by atoms with van der Waals surface area (Å²) in [4.78, 5) is 14.1. The van der Waals surface area contributed by atoms with Crippen molar-refractivity contribution in [2.45, 2.75) is 6.32 Å². The molecule has 1 N–H and O–H groups in total. The highest BCUT2D eigenvalue weighted by atomic mass is 32.1. The van der Waals surface area contributed by atoms with Crippen LogP contribution in [0.4, 0.5) is 0 Å². The van der Waals surface area contributed by atoms with Gasteiger partial charge < -0.3 is 5.11 Å². The van der Waals surface area contributed by atoms with Crippen LogP contribution in [-0.4, -0.2) is 23.9 Å². The Hall–Kier alpha value is -0.835. The predicted octanol–water partition coefficient (Wildman–Crippen LogP) is -0.0256. The number of thiazole rings is 1. The van der Waals surface area contributed by atoms with Gasteiger partial charge in [0.15, 0.2) is 5.69 Å². The zero-order chi connectivity index (χ0) is 7.56. The molecule has 0 unspecified atom stereocenters. The van der Waals surface area contributed by atoms with Gasteiger partial charge in [0.25, 0.3) is 0 Å². The molecule has 0 aliphatic rings. The molecule has 0 spiro atoms. The molecule has 1 rings (SSSR count). The number of carboxylic acids is 1. The number of nitrogens with zero attached hydrogens (tertiary/aromatic N) is 1. The van der Waals surface area contributed by atoms with Gasteiger partial charge in [0.1, 0.15) is 7.85 Å². The summed E-state index contributed by atoms with van der Waals surface area (Å²) in [6, 6.07) is 0. The molecule has 0 aliphatic carbocycles. The molecular weight excluding hydrogens is 149 g/mol. The minimum Gasteiger partial charge on any atom is -0.476 e. The highest BCUT2D eigenvalue weighted by Gasteiger charge is 2.05. The van der Waals surface area contributed by atoms with Crippen molar-refractivity contribution in [3.8, 4) is 0 Å². The van der Waals surface area contributed by atoms with Gasteiger partial charge in [-0.2, -0.15) is 0 Å². The average Bonchev–Trinajstić information content (AvgIpc) is 2.34. The number of carboxylic acid groups (broad SMARTS) is 1. The predicted molar refractivity (Wildman–Crippen MR) is 41.3 cm³/mol. The minimum atomic E-state index is -0.948. The highest BCUT2D eigenvalue weighted by molar-refractivity contribution is 7.10. The zero-order valence-corrected chi connectivity index (χ0v) is 6.31. The van der Waals surface area contributed by atoms with E-state index in [-0.39, 0.29) is 5.69 Å². The molecule has 10 heavy (non-hydrogen) atoms. The summed E-state index contributed by atoms with van der Waals surface area (Å²) in [5.74, 6) is -0.948. The molecule has 5 heteroatoms. The molecule has 52 valence electrons. The fraction of sp³-hybridized carbons (Fsp3) is 0.200. The normalized spacial score (nSPS) is 9.60. The van der Waals surface area contributed by atoms with Crippen LogP contribution >= 0.6 is 11.3 Å². The standard InChI is InChI=1S/C5H6BNO2S/c6-1-4-7-3(2-10-4)5(8)9/h2H,1,6H2,(H,8,9). The van der Waals surface area contributed by atoms with E-state index in [1.807, 2.05) is 7.85 Å². The van der Waals surface area contributed by atoms with Crippen LogP contribution in [0.5, 0.6) is 0 Å². The molecule has 1 aromatic heterocycles. The van der Waals surface area contributed by atoms with Crippen LogP contribution in [0.2, 0.25) is 0 Å². The van der Waals surface area contributed by atoms with Gasteiger partial charge in [-0.25, -0.2) is 9.78 Å². The minimum absolute atomic E-state index is 0.154. The molecule has 1 heterocycles. The average molecular weight is 155 g/mol. The molecule has 0 bridgehead atoms. The van der Waals surface area contributed by atoms with Crippen LogP contribution in [0, 0.1) is 0 Å². The molecule has 0 radical (unpaired) electrons. The van der Waals surface area contributed by atoms with Gasteiger partial charge >= 0.3 is 5.97 Å². The summed E-state index contributed by atoms with van der Waals surface area (Å²) in [6.45, 7) is 0. The second-order valence-electron chi connectivity index (χ2n) is 1.79. The second kappa shape index (κ2) is 2.83. The lowest BCUT2D eigenvalue weighted by molar-refractivity contribution is 0.0691. The maximum atomic E-state index is 10.3. The van der Waals surface area contributed by atoms with Gasteiger partial charge in [0.05, 0.1) is 5.01 Å². The van der Waals surface area contributed by atoms with E-state index in [2.05, 4.69) is 4.98 Å². The Morgan fingerprint density at radius 2 is 2.60 bits per heavy atom. The molecule has 0 amide bonds. The number of aromatic nitrogens is 1. The van der Waals surface area contributed by atoms with Crippen LogP contribution < -0.4 is 0 Å². The van der Waals surface area contributed by atoms with Crippen LogP contribution in [-0.2, 0) is 6.32 Å². The van der Waals surface area contributed by atoms with Gasteiger partial charge in [0.2, 0.25) is 0 Å². The summed E-state index contributed by atoms with van der Waals surface area (Å²) < 4.78 is 0. The van der Waals surface area contributed by atoms with E-state index < -0.39 is 5.97 Å². The van der Waals surface area contributed by atoms with E-state index >= 15 is 0 Å². The Balaban J connectivity index is 2.88. The largest absolute Gasteiger partial charge is 0.476 e. The smallest absolute Gasteiger partial charge is 0.355 e. The van der Waals surface area contributed by atoms with Gasteiger partial charge in [-0.3, -0.25) is 0 Å². The number of rotatable bonds is 2. The molecule has 1 aromatic rings. The molecule has 0 saturated carbocycles. The Labute approximate surface area is 63.1 Å². The van der Waals surface area contributed by atoms with E-state index in [9.17, 15) is 4.79 Å². The van der Waals surface area contributed by atoms with Gasteiger partial charge in [-0.1, -0.05) is 0 Å². The van der Waals surface area contributed by atoms with Gasteiger partial charge in [-0.05, 0) is 6.32 Å². The first-order chi connectivity index (χ1) is 4.74. The van der Waals surface area contributed by atoms with Crippen LogP contribution in [0.25, 0.3) is 0 Å². The quantitative estimate of drug-likeness (QED) is 0.610. The highest BCUT2D eigenvalue weighted by Crippen LogP contribution is 2.08. The van der Waals surface area contributed by atoms with Crippen LogP contribution in [0.1, 0.15) is 15.5 Å². The third-order valence-electron chi connectivity index (χ3n) is 1.07. The van der Waals surface area contributed by atoms with Gasteiger partial charge in [-0.15, -0.1) is 11.3 Å². The Kier molecular flexibility index (Phi) is 2.06. The number of aromatic carboxylic acids is 1. The molecule has 0 aliphatic heterocycles. The maximum absolute atomic E-state index is 10.3. The zero-order valence-electron chi connectivity index (χ0n) is 5.50. The molecule has 0 saturated heterocycles. The first-order valence-electron chi connectivity index (χ1n) is 2.91. The monoisotopic (exact) mass is 155 g/mol. The Bertz CT molecular complexity index is 248. The maximum Gasteiger partial charge on any atom is 0.355 e. The summed E-state index contributed by atoms with van der Waals surface area (Å²) >= 11 is 1.39. The fourth-order valence-corrected chi connectivity index (χ4v) is 1.29. The van der Waals surface area contributed by atoms with Crippen molar-refractivity contribution < 1.29 is 9.90 Å². The third-order valence-corrected chi connectivity index (χ3v) is 2.07. The van der Waals surface area contributed by atoms with Crippen LogP contribution in [0.3, 0.4) is 0 Å². The lowest BCUT2D eigenvalue weighted by atomic mass is 10.1. The molecular formula is C5H6BNO2S. The second-order valence-corrected chi connectivity index (χ2v) is 2.73. The third kappa shape index (κ3) is 1.36. The van der Waals surface area contributed by atoms with Crippen LogP contribution in [0.15, 0.2) is 5.38 Å². The first kappa shape index (κ1) is 7.27. The van der Waals surface area contributed by atoms with Gasteiger partial charge in [0, 0.05) is 5.38 Å². The lowest BCUT2D eigenvalue weighted by Gasteiger charge is -1.82. The lowest BCUT2D eigenvalue weighted by Crippen LogP contribution is -1.96. The summed E-state index contributed by atoms with van der Waals surface area (Å²) in [7, 11) is 1.95. The van der Waals surface area contributed by atoms with Crippen molar-refractivity contribution >= 4 is 25.2 Å². The SMILES string of the molecule is BCc1nc(C(=O)O)cs1. The van der Waals surface area contributed by atoms with E-state index in [0.29, 0.717) is 0 Å². The number of carbonyl (C=O) groups is 1. The summed E-state index contributed by atoms with van der Waals surface area (Å²) in [5.41, 5.74) is 0.154. The summed E-state index contributed by atoms with van der Waals surface area (Å²) in [5, 5.41) is 10.9. The summed E-state index contributed by atoms with van der Waals surface area (Å²) in [6.07, 6.45) is 0.804. The van der Waals surface area contributed by atoms with Crippen molar-refractivity contribution in [1.29, 1.82) is 0 Å². The molecule has 0 aromatic carbocycles. The molecule has 0 fully saturated rings. The number of hydrogen-bond donors (Lipinski definition) is 1. The topological polar surface area (TPSA) is 50.2 Å². The Morgan fingerprint density at radius 1 is 1.90 bits per heavy atom. The van der Waals surface area contributed by atoms with E-state index in [0.717, 1.165) is 11.3 Å². The number of hydrogen-bond acceptors (Lipinski definition) is 3.